The molecule has 0 aliphatic carbocycles. The van der Waals surface area contributed by atoms with Crippen LogP contribution < -0.4 is 10.0 Å². The van der Waals surface area contributed by atoms with E-state index in [0.717, 1.165) is 24.6 Å². The third-order valence-electron chi connectivity index (χ3n) is 5.05. The van der Waals surface area contributed by atoms with E-state index in [-0.39, 0.29) is 17.3 Å². The minimum atomic E-state index is -3.81. The Balaban J connectivity index is 1.50. The highest BCUT2D eigenvalue weighted by atomic mass is 35.5. The molecule has 0 unspecified atom stereocenters. The van der Waals surface area contributed by atoms with Crippen molar-refractivity contribution in [3.63, 3.8) is 0 Å². The van der Waals surface area contributed by atoms with Crippen LogP contribution in [0.5, 0.6) is 0 Å². The van der Waals surface area contributed by atoms with Crippen molar-refractivity contribution in [2.45, 2.75) is 34.4 Å². The van der Waals surface area contributed by atoms with Gasteiger partial charge in [0.05, 0.1) is 10.6 Å². The number of amides is 2. The standard InChI is InChI=1S/C20H20ClN3O4S2/c21-15-6-2-1-5-13(15)12-22-30(27,28)14-7-8-17-16(11-14)23-19(25)18(29-17)20(26)24-9-3-4-10-24/h1-2,5-8,11,18,22H,3-4,9-10,12H2,(H,23,25)/t18-/m0/s1. The van der Waals surface area contributed by atoms with E-state index in [1.165, 1.54) is 12.1 Å². The predicted octanol–water partition coefficient (Wildman–Crippen LogP) is 2.85. The highest BCUT2D eigenvalue weighted by Crippen LogP contribution is 2.38. The molecule has 2 aliphatic rings. The Morgan fingerprint density at radius 1 is 1.20 bits per heavy atom. The highest BCUT2D eigenvalue weighted by molar-refractivity contribution is 8.01. The summed E-state index contributed by atoms with van der Waals surface area (Å²) in [6.07, 6.45) is 1.90. The second-order valence-electron chi connectivity index (χ2n) is 7.09. The van der Waals surface area contributed by atoms with Gasteiger partial charge in [0.2, 0.25) is 21.8 Å². The molecule has 1 saturated heterocycles. The van der Waals surface area contributed by atoms with Crippen LogP contribution in [0.4, 0.5) is 5.69 Å². The molecule has 2 N–H and O–H groups in total. The summed E-state index contributed by atoms with van der Waals surface area (Å²) >= 11 is 7.24. The van der Waals surface area contributed by atoms with E-state index in [1.54, 1.807) is 35.2 Å². The van der Waals surface area contributed by atoms with Crippen LogP contribution in [0.1, 0.15) is 18.4 Å². The van der Waals surface area contributed by atoms with Crippen LogP contribution in [0, 0.1) is 0 Å². The van der Waals surface area contributed by atoms with E-state index in [1.807, 2.05) is 0 Å². The number of hydrogen-bond acceptors (Lipinski definition) is 5. The molecule has 1 fully saturated rings. The van der Waals surface area contributed by atoms with E-state index in [9.17, 15) is 18.0 Å². The van der Waals surface area contributed by atoms with Crippen molar-refractivity contribution in [1.29, 1.82) is 0 Å². The Kier molecular flexibility index (Phi) is 6.06. The average Bonchev–Trinajstić information content (AvgIpc) is 3.27. The van der Waals surface area contributed by atoms with E-state index < -0.39 is 21.2 Å². The SMILES string of the molecule is O=C1Nc2cc(S(=O)(=O)NCc3ccccc3Cl)ccc2S[C@@H]1C(=O)N1CCCC1. The number of halogens is 1. The highest BCUT2D eigenvalue weighted by Gasteiger charge is 2.37. The molecule has 2 aromatic carbocycles. The van der Waals surface area contributed by atoms with Gasteiger partial charge < -0.3 is 10.2 Å². The first-order chi connectivity index (χ1) is 14.3. The van der Waals surface area contributed by atoms with Gasteiger partial charge in [0, 0.05) is 29.6 Å². The van der Waals surface area contributed by atoms with Crippen molar-refractivity contribution in [2.75, 3.05) is 18.4 Å². The minimum absolute atomic E-state index is 0.0264. The van der Waals surface area contributed by atoms with E-state index in [0.29, 0.717) is 34.3 Å². The van der Waals surface area contributed by atoms with Gasteiger partial charge in [0.1, 0.15) is 0 Å². The first-order valence-electron chi connectivity index (χ1n) is 9.48. The first-order valence-corrected chi connectivity index (χ1v) is 12.2. The smallest absolute Gasteiger partial charge is 0.247 e. The lowest BCUT2D eigenvalue weighted by Crippen LogP contribution is -2.43. The number of nitrogens with zero attached hydrogens (tertiary/aromatic N) is 1. The zero-order chi connectivity index (χ0) is 21.3. The van der Waals surface area contributed by atoms with Crippen LogP contribution in [0.25, 0.3) is 0 Å². The van der Waals surface area contributed by atoms with Crippen LogP contribution in [-0.2, 0) is 26.2 Å². The molecule has 7 nitrogen and oxygen atoms in total. The number of rotatable bonds is 5. The molecule has 1 atom stereocenters. The summed E-state index contributed by atoms with van der Waals surface area (Å²) in [5.74, 6) is -0.623. The summed E-state index contributed by atoms with van der Waals surface area (Å²) < 4.78 is 27.9. The molecule has 0 spiro atoms. The minimum Gasteiger partial charge on any atom is -0.341 e. The number of benzene rings is 2. The fourth-order valence-corrected chi connectivity index (χ4v) is 5.71. The number of nitrogens with one attached hydrogen (secondary N) is 2. The molecule has 0 radical (unpaired) electrons. The van der Waals surface area contributed by atoms with Crippen molar-refractivity contribution in [3.05, 3.63) is 53.1 Å². The summed E-state index contributed by atoms with van der Waals surface area (Å²) in [6, 6.07) is 11.5. The quantitative estimate of drug-likeness (QED) is 0.662. The number of carbonyl (C=O) groups excluding carboxylic acids is 2. The molecule has 0 saturated carbocycles. The maximum absolute atomic E-state index is 12.7. The van der Waals surface area contributed by atoms with Gasteiger partial charge in [-0.2, -0.15) is 0 Å². The summed E-state index contributed by atoms with van der Waals surface area (Å²) in [6.45, 7) is 1.39. The zero-order valence-corrected chi connectivity index (χ0v) is 18.3. The van der Waals surface area contributed by atoms with Gasteiger partial charge in [-0.05, 0) is 42.7 Å². The summed E-state index contributed by atoms with van der Waals surface area (Å²) in [5.41, 5.74) is 1.05. The van der Waals surface area contributed by atoms with Gasteiger partial charge in [-0.3, -0.25) is 9.59 Å². The maximum atomic E-state index is 12.7. The molecule has 2 aliphatic heterocycles. The number of thioether (sulfide) groups is 1. The van der Waals surface area contributed by atoms with Crippen molar-refractivity contribution in [1.82, 2.24) is 9.62 Å². The molecule has 158 valence electrons. The molecule has 2 amide bonds. The lowest BCUT2D eigenvalue weighted by molar-refractivity contribution is -0.133. The van der Waals surface area contributed by atoms with Crippen LogP contribution >= 0.6 is 23.4 Å². The van der Waals surface area contributed by atoms with Gasteiger partial charge in [-0.25, -0.2) is 13.1 Å². The first kappa shape index (κ1) is 21.2. The molecule has 2 heterocycles. The van der Waals surface area contributed by atoms with Gasteiger partial charge in [-0.15, -0.1) is 11.8 Å². The fraction of sp³-hybridized carbons (Fsp3) is 0.300. The number of hydrogen-bond donors (Lipinski definition) is 2. The third-order valence-corrected chi connectivity index (χ3v) is 8.08. The molecule has 0 aromatic heterocycles. The largest absolute Gasteiger partial charge is 0.341 e. The lowest BCUT2D eigenvalue weighted by Gasteiger charge is -2.27. The molecule has 4 rings (SSSR count). The number of sulfonamides is 1. The summed E-state index contributed by atoms with van der Waals surface area (Å²) in [7, 11) is -3.81. The molecule has 0 bridgehead atoms. The number of anilines is 1. The number of fused-ring (bicyclic) bond motifs is 1. The second kappa shape index (κ2) is 8.58. The number of carbonyl (C=O) groups is 2. The molecular weight excluding hydrogens is 446 g/mol. The van der Waals surface area contributed by atoms with Crippen molar-refractivity contribution in [2.24, 2.45) is 0 Å². The molecule has 30 heavy (non-hydrogen) atoms. The topological polar surface area (TPSA) is 95.6 Å². The predicted molar refractivity (Wildman–Crippen MR) is 116 cm³/mol. The third kappa shape index (κ3) is 4.34. The van der Waals surface area contributed by atoms with Crippen LogP contribution in [0.15, 0.2) is 52.3 Å². The van der Waals surface area contributed by atoms with Crippen LogP contribution in [0.3, 0.4) is 0 Å². The monoisotopic (exact) mass is 465 g/mol. The average molecular weight is 466 g/mol. The Morgan fingerprint density at radius 2 is 1.93 bits per heavy atom. The fourth-order valence-electron chi connectivity index (χ4n) is 3.42. The Bertz CT molecular complexity index is 1100. The maximum Gasteiger partial charge on any atom is 0.247 e. The Hall–Kier alpha value is -2.07. The van der Waals surface area contributed by atoms with Gasteiger partial charge in [0.25, 0.3) is 0 Å². The number of likely N-dealkylation sites (tertiary alicyclic amines) is 1. The Labute approximate surface area is 184 Å². The Morgan fingerprint density at radius 3 is 2.67 bits per heavy atom. The van der Waals surface area contributed by atoms with Gasteiger partial charge >= 0.3 is 0 Å². The van der Waals surface area contributed by atoms with E-state index in [2.05, 4.69) is 10.0 Å². The molecular formula is C20H20ClN3O4S2. The van der Waals surface area contributed by atoms with Crippen molar-refractivity contribution < 1.29 is 18.0 Å². The van der Waals surface area contributed by atoms with Gasteiger partial charge in [0.15, 0.2) is 5.25 Å². The lowest BCUT2D eigenvalue weighted by atomic mass is 10.2. The van der Waals surface area contributed by atoms with Gasteiger partial charge in [-0.1, -0.05) is 29.8 Å². The molecule has 2 aromatic rings. The second-order valence-corrected chi connectivity index (χ2v) is 10.4. The zero-order valence-electron chi connectivity index (χ0n) is 15.9. The van der Waals surface area contributed by atoms with Crippen molar-refractivity contribution in [3.8, 4) is 0 Å². The van der Waals surface area contributed by atoms with Crippen LogP contribution in [0.2, 0.25) is 5.02 Å². The van der Waals surface area contributed by atoms with E-state index in [4.69, 9.17) is 11.6 Å². The molecule has 10 heteroatoms. The van der Waals surface area contributed by atoms with E-state index >= 15 is 0 Å². The normalized spacial score (nSPS) is 18.8. The summed E-state index contributed by atoms with van der Waals surface area (Å²) in [5, 5.41) is 2.31. The van der Waals surface area contributed by atoms with Crippen molar-refractivity contribution >= 4 is 50.9 Å². The summed E-state index contributed by atoms with van der Waals surface area (Å²) in [4.78, 5) is 27.5. The van der Waals surface area contributed by atoms with Crippen LogP contribution in [-0.4, -0.2) is 43.5 Å².